The van der Waals surface area contributed by atoms with Crippen LogP contribution >= 0.6 is 15.9 Å². The van der Waals surface area contributed by atoms with Crippen molar-refractivity contribution in [1.82, 2.24) is 0 Å². The van der Waals surface area contributed by atoms with Crippen molar-refractivity contribution >= 4 is 26.9 Å². The number of fused-ring (bicyclic) bond motifs is 1. The molecule has 0 atom stereocenters. The molecule has 1 aromatic carbocycles. The molecule has 0 spiro atoms. The molecule has 2 N–H and O–H groups in total. The standard InChI is InChI=1S/C10H10BrNO/c1-6-2-7-4-8(5-12)13-10(7)9(11)3-6/h2-4H,5,12H2,1H3. The van der Waals surface area contributed by atoms with Crippen LogP contribution in [0.3, 0.4) is 0 Å². The normalized spacial score (nSPS) is 11.0. The Balaban J connectivity index is 2.75. The molecule has 13 heavy (non-hydrogen) atoms. The maximum absolute atomic E-state index is 5.53. The highest BCUT2D eigenvalue weighted by molar-refractivity contribution is 9.10. The highest BCUT2D eigenvalue weighted by Gasteiger charge is 2.06. The Morgan fingerprint density at radius 1 is 1.38 bits per heavy atom. The largest absolute Gasteiger partial charge is 0.459 e. The van der Waals surface area contributed by atoms with Gasteiger partial charge in [0.15, 0.2) is 0 Å². The molecular weight excluding hydrogens is 230 g/mol. The lowest BCUT2D eigenvalue weighted by atomic mass is 10.2. The first-order valence-electron chi connectivity index (χ1n) is 4.09. The van der Waals surface area contributed by atoms with Crippen molar-refractivity contribution in [3.8, 4) is 0 Å². The SMILES string of the molecule is Cc1cc(Br)c2oc(CN)cc2c1. The van der Waals surface area contributed by atoms with Gasteiger partial charge in [-0.15, -0.1) is 0 Å². The Bertz CT molecular complexity index is 447. The molecule has 3 heteroatoms. The average molecular weight is 240 g/mol. The second kappa shape index (κ2) is 3.16. The van der Waals surface area contributed by atoms with Crippen molar-refractivity contribution in [2.45, 2.75) is 13.5 Å². The van der Waals surface area contributed by atoms with Crippen molar-refractivity contribution in [2.75, 3.05) is 0 Å². The first-order valence-corrected chi connectivity index (χ1v) is 4.88. The first-order chi connectivity index (χ1) is 6.20. The zero-order valence-electron chi connectivity index (χ0n) is 7.30. The molecule has 0 saturated carbocycles. The Hall–Kier alpha value is -0.800. The van der Waals surface area contributed by atoms with Gasteiger partial charge in [0, 0.05) is 5.39 Å². The van der Waals surface area contributed by atoms with E-state index < -0.39 is 0 Å². The molecular formula is C10H10BrNO. The van der Waals surface area contributed by atoms with Crippen LogP contribution in [0.1, 0.15) is 11.3 Å². The molecule has 0 amide bonds. The summed E-state index contributed by atoms with van der Waals surface area (Å²) in [6, 6.07) is 6.10. The summed E-state index contributed by atoms with van der Waals surface area (Å²) < 4.78 is 6.52. The molecule has 0 radical (unpaired) electrons. The third kappa shape index (κ3) is 1.49. The quantitative estimate of drug-likeness (QED) is 0.832. The van der Waals surface area contributed by atoms with Crippen molar-refractivity contribution in [1.29, 1.82) is 0 Å². The van der Waals surface area contributed by atoms with Gasteiger partial charge in [-0.1, -0.05) is 0 Å². The molecule has 0 bridgehead atoms. The third-order valence-corrected chi connectivity index (χ3v) is 2.56. The molecule has 2 nitrogen and oxygen atoms in total. The van der Waals surface area contributed by atoms with Gasteiger partial charge in [-0.2, -0.15) is 0 Å². The second-order valence-electron chi connectivity index (χ2n) is 3.08. The smallest absolute Gasteiger partial charge is 0.148 e. The zero-order chi connectivity index (χ0) is 9.42. The van der Waals surface area contributed by atoms with Gasteiger partial charge in [-0.05, 0) is 46.6 Å². The molecule has 0 saturated heterocycles. The highest BCUT2D eigenvalue weighted by Crippen LogP contribution is 2.28. The van der Waals surface area contributed by atoms with Crippen LogP contribution in [-0.4, -0.2) is 0 Å². The van der Waals surface area contributed by atoms with Gasteiger partial charge >= 0.3 is 0 Å². The molecule has 2 rings (SSSR count). The van der Waals surface area contributed by atoms with E-state index in [9.17, 15) is 0 Å². The van der Waals surface area contributed by atoms with E-state index in [4.69, 9.17) is 10.2 Å². The number of hydrogen-bond acceptors (Lipinski definition) is 2. The van der Waals surface area contributed by atoms with E-state index in [1.807, 2.05) is 12.1 Å². The van der Waals surface area contributed by atoms with Gasteiger partial charge in [0.25, 0.3) is 0 Å². The maximum Gasteiger partial charge on any atom is 0.148 e. The van der Waals surface area contributed by atoms with Crippen LogP contribution in [-0.2, 0) is 6.54 Å². The van der Waals surface area contributed by atoms with Crippen LogP contribution in [0, 0.1) is 6.92 Å². The van der Waals surface area contributed by atoms with Crippen LogP contribution in [0.25, 0.3) is 11.0 Å². The molecule has 1 aromatic heterocycles. The average Bonchev–Trinajstić information content (AvgIpc) is 2.47. The Kier molecular flexibility index (Phi) is 2.14. The topological polar surface area (TPSA) is 39.2 Å². The van der Waals surface area contributed by atoms with Gasteiger partial charge in [0.2, 0.25) is 0 Å². The Morgan fingerprint density at radius 2 is 2.15 bits per heavy atom. The second-order valence-corrected chi connectivity index (χ2v) is 3.94. The van der Waals surface area contributed by atoms with Gasteiger partial charge < -0.3 is 10.2 Å². The lowest BCUT2D eigenvalue weighted by molar-refractivity contribution is 0.551. The number of nitrogens with two attached hydrogens (primary N) is 1. The van der Waals surface area contributed by atoms with E-state index in [0.29, 0.717) is 6.54 Å². The first kappa shape index (κ1) is 8.78. The maximum atomic E-state index is 5.53. The summed E-state index contributed by atoms with van der Waals surface area (Å²) in [5, 5.41) is 1.10. The minimum Gasteiger partial charge on any atom is -0.459 e. The van der Waals surface area contributed by atoms with Gasteiger partial charge in [0.05, 0.1) is 11.0 Å². The fraction of sp³-hybridized carbons (Fsp3) is 0.200. The monoisotopic (exact) mass is 239 g/mol. The van der Waals surface area contributed by atoms with E-state index >= 15 is 0 Å². The Labute approximate surface area is 84.8 Å². The summed E-state index contributed by atoms with van der Waals surface area (Å²) >= 11 is 3.46. The zero-order valence-corrected chi connectivity index (χ0v) is 8.89. The summed E-state index contributed by atoms with van der Waals surface area (Å²) in [6.45, 7) is 2.50. The molecule has 0 aliphatic carbocycles. The number of rotatable bonds is 1. The number of hydrogen-bond donors (Lipinski definition) is 1. The van der Waals surface area contributed by atoms with Crippen molar-refractivity contribution in [3.63, 3.8) is 0 Å². The molecule has 2 aromatic rings. The predicted octanol–water partition coefficient (Wildman–Crippen LogP) is 2.96. The molecule has 0 aliphatic heterocycles. The summed E-state index contributed by atoms with van der Waals surface area (Å²) in [6.07, 6.45) is 0. The Morgan fingerprint density at radius 3 is 2.85 bits per heavy atom. The van der Waals surface area contributed by atoms with Gasteiger partial charge in [-0.25, -0.2) is 0 Å². The van der Waals surface area contributed by atoms with E-state index in [-0.39, 0.29) is 0 Å². The van der Waals surface area contributed by atoms with Crippen LogP contribution in [0.4, 0.5) is 0 Å². The van der Waals surface area contributed by atoms with Crippen LogP contribution in [0.5, 0.6) is 0 Å². The van der Waals surface area contributed by atoms with E-state index in [1.165, 1.54) is 5.56 Å². The minimum atomic E-state index is 0.445. The number of aryl methyl sites for hydroxylation is 1. The van der Waals surface area contributed by atoms with E-state index in [2.05, 4.69) is 28.9 Å². The van der Waals surface area contributed by atoms with Crippen molar-refractivity contribution < 1.29 is 4.42 Å². The molecule has 68 valence electrons. The van der Waals surface area contributed by atoms with Crippen molar-refractivity contribution in [3.05, 3.63) is 34.0 Å². The van der Waals surface area contributed by atoms with Crippen LogP contribution < -0.4 is 5.73 Å². The van der Waals surface area contributed by atoms with E-state index in [1.54, 1.807) is 0 Å². The van der Waals surface area contributed by atoms with E-state index in [0.717, 1.165) is 21.2 Å². The summed E-state index contributed by atoms with van der Waals surface area (Å²) in [5.74, 6) is 0.821. The molecule has 1 heterocycles. The predicted molar refractivity (Wildman–Crippen MR) is 56.5 cm³/mol. The summed E-state index contributed by atoms with van der Waals surface area (Å²) in [7, 11) is 0. The lowest BCUT2D eigenvalue weighted by Gasteiger charge is -1.94. The van der Waals surface area contributed by atoms with Crippen LogP contribution in [0.2, 0.25) is 0 Å². The number of halogens is 1. The van der Waals surface area contributed by atoms with Crippen LogP contribution in [0.15, 0.2) is 27.1 Å². The molecule has 0 fully saturated rings. The minimum absolute atomic E-state index is 0.445. The molecule has 0 unspecified atom stereocenters. The van der Waals surface area contributed by atoms with Crippen molar-refractivity contribution in [2.24, 2.45) is 5.73 Å². The third-order valence-electron chi connectivity index (χ3n) is 1.97. The summed E-state index contributed by atoms with van der Waals surface area (Å²) in [4.78, 5) is 0. The van der Waals surface area contributed by atoms with Gasteiger partial charge in [0.1, 0.15) is 11.3 Å². The lowest BCUT2D eigenvalue weighted by Crippen LogP contribution is -1.92. The molecule has 0 aliphatic rings. The number of benzene rings is 1. The fourth-order valence-corrected chi connectivity index (χ4v) is 2.08. The van der Waals surface area contributed by atoms with Gasteiger partial charge in [-0.3, -0.25) is 0 Å². The highest BCUT2D eigenvalue weighted by atomic mass is 79.9. The summed E-state index contributed by atoms with van der Waals surface area (Å²) in [5.41, 5.74) is 7.59. The number of furan rings is 1. The fourth-order valence-electron chi connectivity index (χ4n) is 1.41.